The van der Waals surface area contributed by atoms with Crippen LogP contribution in [0.15, 0.2) is 36.4 Å². The number of hydrogen-bond acceptors (Lipinski definition) is 5. The van der Waals surface area contributed by atoms with Gasteiger partial charge in [-0.1, -0.05) is 24.3 Å². The van der Waals surface area contributed by atoms with E-state index in [1.807, 2.05) is 32.0 Å². The number of benzene rings is 2. The van der Waals surface area contributed by atoms with Crippen molar-refractivity contribution in [2.75, 3.05) is 17.2 Å². The summed E-state index contributed by atoms with van der Waals surface area (Å²) in [6, 6.07) is 10.3. The molecular formula is C18H18FN5. The lowest BCUT2D eigenvalue weighted by molar-refractivity contribution is 0.628. The molecule has 0 aliphatic heterocycles. The zero-order valence-electron chi connectivity index (χ0n) is 13.5. The molecule has 24 heavy (non-hydrogen) atoms. The van der Waals surface area contributed by atoms with Gasteiger partial charge in [0, 0.05) is 0 Å². The molecule has 0 aliphatic rings. The van der Waals surface area contributed by atoms with E-state index in [2.05, 4.69) is 9.97 Å². The van der Waals surface area contributed by atoms with Gasteiger partial charge in [-0.2, -0.15) is 9.97 Å². The van der Waals surface area contributed by atoms with Crippen molar-refractivity contribution in [3.63, 3.8) is 0 Å². The fourth-order valence-electron chi connectivity index (χ4n) is 2.85. The van der Waals surface area contributed by atoms with Gasteiger partial charge in [0.25, 0.3) is 0 Å². The van der Waals surface area contributed by atoms with E-state index in [1.54, 1.807) is 6.07 Å². The first-order valence-electron chi connectivity index (χ1n) is 7.43. The van der Waals surface area contributed by atoms with E-state index in [4.69, 9.17) is 17.2 Å². The van der Waals surface area contributed by atoms with Gasteiger partial charge in [0.2, 0.25) is 5.95 Å². The smallest absolute Gasteiger partial charge is 0.223 e. The highest BCUT2D eigenvalue weighted by Gasteiger charge is 2.16. The van der Waals surface area contributed by atoms with Crippen LogP contribution in [0.25, 0.3) is 22.3 Å². The van der Waals surface area contributed by atoms with Crippen LogP contribution >= 0.6 is 0 Å². The molecule has 6 N–H and O–H groups in total. The minimum atomic E-state index is -0.269. The maximum absolute atomic E-state index is 13.5. The number of nitrogens with two attached hydrogens (primary N) is 3. The van der Waals surface area contributed by atoms with Crippen LogP contribution < -0.4 is 17.2 Å². The first-order valence-corrected chi connectivity index (χ1v) is 7.43. The summed E-state index contributed by atoms with van der Waals surface area (Å²) in [6.45, 7) is 3.94. The summed E-state index contributed by atoms with van der Waals surface area (Å²) in [5, 5.41) is 0. The van der Waals surface area contributed by atoms with Crippen LogP contribution in [-0.2, 0) is 0 Å². The first kappa shape index (κ1) is 15.7. The molecule has 0 fully saturated rings. The third kappa shape index (κ3) is 2.62. The van der Waals surface area contributed by atoms with Crippen LogP contribution in [0.2, 0.25) is 0 Å². The molecule has 0 bridgehead atoms. The summed E-state index contributed by atoms with van der Waals surface area (Å²) in [7, 11) is 0. The molecule has 1 aromatic heterocycles. The van der Waals surface area contributed by atoms with Crippen molar-refractivity contribution in [2.24, 2.45) is 0 Å². The van der Waals surface area contributed by atoms with Crippen molar-refractivity contribution in [1.29, 1.82) is 0 Å². The third-order valence-electron chi connectivity index (χ3n) is 4.17. The van der Waals surface area contributed by atoms with Gasteiger partial charge in [0.05, 0.1) is 5.56 Å². The van der Waals surface area contributed by atoms with Crippen LogP contribution in [-0.4, -0.2) is 9.97 Å². The molecule has 3 rings (SSSR count). The number of nitrogen functional groups attached to an aromatic ring is 3. The Bertz CT molecular complexity index is 914. The molecule has 0 saturated heterocycles. The van der Waals surface area contributed by atoms with Gasteiger partial charge in [-0.15, -0.1) is 0 Å². The van der Waals surface area contributed by atoms with Crippen LogP contribution in [0.3, 0.4) is 0 Å². The Morgan fingerprint density at radius 1 is 0.833 bits per heavy atom. The van der Waals surface area contributed by atoms with Gasteiger partial charge in [-0.05, 0) is 53.8 Å². The van der Waals surface area contributed by atoms with Crippen molar-refractivity contribution < 1.29 is 4.39 Å². The predicted octanol–water partition coefficient (Wildman–Crippen LogP) is 3.31. The second kappa shape index (κ2) is 5.81. The third-order valence-corrected chi connectivity index (χ3v) is 4.17. The zero-order chi connectivity index (χ0) is 17.4. The molecule has 0 amide bonds. The molecule has 0 spiro atoms. The fraction of sp³-hybridized carbons (Fsp3) is 0.111. The quantitative estimate of drug-likeness (QED) is 0.671. The number of nitrogens with zero attached hydrogens (tertiary/aromatic N) is 2. The summed E-state index contributed by atoms with van der Waals surface area (Å²) < 4.78 is 13.5. The standard InChI is InChI=1S/C18H18FN5/c1-9-10(2)14(15-16(20)23-18(22)24-17(15)21)7-6-13(9)11-4-3-5-12(19)8-11/h3-8H,1-2H3,(H6,20,21,22,23,24). The molecule has 0 aliphatic carbocycles. The van der Waals surface area contributed by atoms with E-state index in [0.29, 0.717) is 5.56 Å². The summed E-state index contributed by atoms with van der Waals surface area (Å²) in [4.78, 5) is 7.98. The van der Waals surface area contributed by atoms with Crippen molar-refractivity contribution in [3.05, 3.63) is 53.3 Å². The van der Waals surface area contributed by atoms with E-state index in [-0.39, 0.29) is 23.4 Å². The maximum atomic E-state index is 13.5. The molecule has 2 aromatic carbocycles. The predicted molar refractivity (Wildman–Crippen MR) is 95.6 cm³/mol. The lowest BCUT2D eigenvalue weighted by Gasteiger charge is -2.16. The monoisotopic (exact) mass is 323 g/mol. The van der Waals surface area contributed by atoms with Crippen LogP contribution in [0, 0.1) is 19.7 Å². The molecule has 0 unspecified atom stereocenters. The Morgan fingerprint density at radius 2 is 1.42 bits per heavy atom. The van der Waals surface area contributed by atoms with Crippen LogP contribution in [0.4, 0.5) is 22.0 Å². The first-order chi connectivity index (χ1) is 11.4. The van der Waals surface area contributed by atoms with Gasteiger partial charge in [0.15, 0.2) is 0 Å². The Labute approximate surface area is 139 Å². The van der Waals surface area contributed by atoms with Crippen molar-refractivity contribution in [1.82, 2.24) is 9.97 Å². The topological polar surface area (TPSA) is 104 Å². The zero-order valence-corrected chi connectivity index (χ0v) is 13.5. The number of aromatic nitrogens is 2. The normalized spacial score (nSPS) is 10.8. The van der Waals surface area contributed by atoms with Gasteiger partial charge in [-0.25, -0.2) is 4.39 Å². The Balaban J connectivity index is 2.19. The molecule has 0 saturated carbocycles. The van der Waals surface area contributed by atoms with Crippen LogP contribution in [0.1, 0.15) is 11.1 Å². The highest BCUT2D eigenvalue weighted by Crippen LogP contribution is 2.37. The van der Waals surface area contributed by atoms with Gasteiger partial charge >= 0.3 is 0 Å². The molecule has 3 aromatic rings. The van der Waals surface area contributed by atoms with E-state index in [0.717, 1.165) is 27.8 Å². The highest BCUT2D eigenvalue weighted by molar-refractivity contribution is 5.87. The average molecular weight is 323 g/mol. The largest absolute Gasteiger partial charge is 0.383 e. The fourth-order valence-corrected chi connectivity index (χ4v) is 2.85. The minimum absolute atomic E-state index is 0.0412. The average Bonchev–Trinajstić information content (AvgIpc) is 2.50. The van der Waals surface area contributed by atoms with Gasteiger partial charge in [0.1, 0.15) is 17.5 Å². The molecule has 6 heteroatoms. The molecule has 1 heterocycles. The Hall–Kier alpha value is -3.15. The second-order valence-electron chi connectivity index (χ2n) is 5.65. The van der Waals surface area contributed by atoms with E-state index < -0.39 is 0 Å². The summed E-state index contributed by atoms with van der Waals surface area (Å²) in [6.07, 6.45) is 0. The number of hydrogen-bond donors (Lipinski definition) is 3. The lowest BCUT2D eigenvalue weighted by atomic mass is 9.91. The number of rotatable bonds is 2. The van der Waals surface area contributed by atoms with Crippen LogP contribution in [0.5, 0.6) is 0 Å². The van der Waals surface area contributed by atoms with E-state index >= 15 is 0 Å². The Morgan fingerprint density at radius 3 is 2.04 bits per heavy atom. The lowest BCUT2D eigenvalue weighted by Crippen LogP contribution is -2.07. The van der Waals surface area contributed by atoms with Gasteiger partial charge in [-0.3, -0.25) is 0 Å². The van der Waals surface area contributed by atoms with E-state index in [9.17, 15) is 4.39 Å². The second-order valence-corrected chi connectivity index (χ2v) is 5.65. The Kier molecular flexibility index (Phi) is 3.81. The number of halogens is 1. The molecular weight excluding hydrogens is 305 g/mol. The van der Waals surface area contributed by atoms with Gasteiger partial charge < -0.3 is 17.2 Å². The molecule has 122 valence electrons. The highest BCUT2D eigenvalue weighted by atomic mass is 19.1. The molecule has 0 atom stereocenters. The summed E-state index contributed by atoms with van der Waals surface area (Å²) in [5.41, 5.74) is 22.7. The summed E-state index contributed by atoms with van der Waals surface area (Å²) in [5.74, 6) is 0.246. The minimum Gasteiger partial charge on any atom is -0.383 e. The molecule has 5 nitrogen and oxygen atoms in total. The number of anilines is 3. The van der Waals surface area contributed by atoms with E-state index in [1.165, 1.54) is 12.1 Å². The molecule has 0 radical (unpaired) electrons. The van der Waals surface area contributed by atoms with Crippen molar-refractivity contribution in [3.8, 4) is 22.3 Å². The maximum Gasteiger partial charge on any atom is 0.223 e. The van der Waals surface area contributed by atoms with Crippen molar-refractivity contribution >= 4 is 17.6 Å². The van der Waals surface area contributed by atoms with Crippen molar-refractivity contribution in [2.45, 2.75) is 13.8 Å². The summed E-state index contributed by atoms with van der Waals surface area (Å²) >= 11 is 0. The SMILES string of the molecule is Cc1c(-c2cccc(F)c2)ccc(-c2c(N)nc(N)nc2N)c1C.